The Hall–Kier alpha value is -1.46. The predicted molar refractivity (Wildman–Crippen MR) is 82.7 cm³/mol. The van der Waals surface area contributed by atoms with Crippen LogP contribution in [0.1, 0.15) is 40.2 Å². The Balaban J connectivity index is 1.78. The number of halogens is 2. The van der Waals surface area contributed by atoms with Gasteiger partial charge in [0, 0.05) is 4.88 Å². The molecule has 0 spiro atoms. The molecule has 1 aliphatic carbocycles. The lowest BCUT2D eigenvalue weighted by Gasteiger charge is -2.04. The minimum Gasteiger partial charge on any atom is -0.298 e. The number of hydrogen-bond acceptors (Lipinski definition) is 3. The van der Waals surface area contributed by atoms with Gasteiger partial charge in [0.1, 0.15) is 5.82 Å². The second-order valence-corrected chi connectivity index (χ2v) is 6.52. The summed E-state index contributed by atoms with van der Waals surface area (Å²) in [4.78, 5) is 17.9. The van der Waals surface area contributed by atoms with Crippen LogP contribution in [0.3, 0.4) is 0 Å². The molecule has 1 amide bonds. The number of anilines is 1. The molecule has 1 aromatic carbocycles. The molecule has 3 nitrogen and oxygen atoms in total. The second-order valence-electron chi connectivity index (χ2n) is 5.03. The van der Waals surface area contributed by atoms with Gasteiger partial charge in [-0.2, -0.15) is 0 Å². The van der Waals surface area contributed by atoms with Crippen LogP contribution in [0.4, 0.5) is 9.52 Å². The SMILES string of the molecule is O=C(Nc1nc2c(s1)CCCCC2)c1ccc(F)cc1Cl. The summed E-state index contributed by atoms with van der Waals surface area (Å²) in [6.45, 7) is 0. The van der Waals surface area contributed by atoms with Crippen LogP contribution >= 0.6 is 22.9 Å². The maximum Gasteiger partial charge on any atom is 0.258 e. The largest absolute Gasteiger partial charge is 0.298 e. The van der Waals surface area contributed by atoms with Gasteiger partial charge in [-0.05, 0) is 43.9 Å². The molecular formula is C15H14ClFN2OS. The molecule has 110 valence electrons. The topological polar surface area (TPSA) is 42.0 Å². The average molecular weight is 325 g/mol. The molecule has 0 saturated heterocycles. The Morgan fingerprint density at radius 1 is 1.29 bits per heavy atom. The molecule has 6 heteroatoms. The van der Waals surface area contributed by atoms with Crippen LogP contribution in [0, 0.1) is 5.82 Å². The number of thiazole rings is 1. The maximum absolute atomic E-state index is 13.0. The van der Waals surface area contributed by atoms with Crippen molar-refractivity contribution in [2.24, 2.45) is 0 Å². The summed E-state index contributed by atoms with van der Waals surface area (Å²) in [5, 5.41) is 3.45. The van der Waals surface area contributed by atoms with Gasteiger partial charge < -0.3 is 0 Å². The number of carbonyl (C=O) groups is 1. The Bertz CT molecular complexity index is 663. The molecule has 1 aliphatic rings. The second kappa shape index (κ2) is 6.12. The fraction of sp³-hybridized carbons (Fsp3) is 0.333. The minimum atomic E-state index is -0.461. The highest BCUT2D eigenvalue weighted by atomic mass is 35.5. The van der Waals surface area contributed by atoms with Crippen molar-refractivity contribution < 1.29 is 9.18 Å². The van der Waals surface area contributed by atoms with E-state index >= 15 is 0 Å². The van der Waals surface area contributed by atoms with Gasteiger partial charge in [-0.25, -0.2) is 9.37 Å². The first-order valence-electron chi connectivity index (χ1n) is 6.88. The summed E-state index contributed by atoms with van der Waals surface area (Å²) in [6, 6.07) is 3.73. The molecule has 0 saturated carbocycles. The lowest BCUT2D eigenvalue weighted by molar-refractivity contribution is 0.102. The van der Waals surface area contributed by atoms with Gasteiger partial charge >= 0.3 is 0 Å². The molecule has 1 heterocycles. The third kappa shape index (κ3) is 3.24. The number of aromatic nitrogens is 1. The first kappa shape index (κ1) is 14.5. The van der Waals surface area contributed by atoms with Crippen molar-refractivity contribution >= 4 is 34.0 Å². The van der Waals surface area contributed by atoms with Gasteiger partial charge in [-0.1, -0.05) is 18.0 Å². The van der Waals surface area contributed by atoms with Crippen LogP contribution < -0.4 is 5.32 Å². The summed E-state index contributed by atoms with van der Waals surface area (Å²) < 4.78 is 13.0. The summed E-state index contributed by atoms with van der Waals surface area (Å²) in [7, 11) is 0. The van der Waals surface area contributed by atoms with Gasteiger partial charge in [0.25, 0.3) is 5.91 Å². The molecule has 0 unspecified atom stereocenters. The van der Waals surface area contributed by atoms with Crippen LogP contribution in [-0.4, -0.2) is 10.9 Å². The number of rotatable bonds is 2. The van der Waals surface area contributed by atoms with E-state index in [-0.39, 0.29) is 16.5 Å². The Kier molecular flexibility index (Phi) is 4.22. The van der Waals surface area contributed by atoms with E-state index in [0.717, 1.165) is 31.0 Å². The molecule has 2 aromatic rings. The zero-order valence-electron chi connectivity index (χ0n) is 11.3. The standard InChI is InChI=1S/C15H14ClFN2OS/c16-11-8-9(17)6-7-10(11)14(20)19-15-18-12-4-2-1-3-5-13(12)21-15/h6-8H,1-5H2,(H,18,19,20). The van der Waals surface area contributed by atoms with Crippen molar-refractivity contribution in [1.82, 2.24) is 4.98 Å². The molecule has 0 atom stereocenters. The lowest BCUT2D eigenvalue weighted by atomic mass is 10.2. The lowest BCUT2D eigenvalue weighted by Crippen LogP contribution is -2.12. The molecular weight excluding hydrogens is 311 g/mol. The number of amides is 1. The van der Waals surface area contributed by atoms with Gasteiger partial charge in [0.05, 0.1) is 16.3 Å². The van der Waals surface area contributed by atoms with E-state index in [1.807, 2.05) is 0 Å². The van der Waals surface area contributed by atoms with E-state index in [9.17, 15) is 9.18 Å². The van der Waals surface area contributed by atoms with Crippen LogP contribution in [0.15, 0.2) is 18.2 Å². The third-order valence-electron chi connectivity index (χ3n) is 3.49. The molecule has 0 radical (unpaired) electrons. The van der Waals surface area contributed by atoms with E-state index in [1.165, 1.54) is 41.2 Å². The van der Waals surface area contributed by atoms with Crippen molar-refractivity contribution in [2.75, 3.05) is 5.32 Å². The van der Waals surface area contributed by atoms with Crippen molar-refractivity contribution in [3.8, 4) is 0 Å². The number of hydrogen-bond donors (Lipinski definition) is 1. The van der Waals surface area contributed by atoms with Gasteiger partial charge in [0.15, 0.2) is 5.13 Å². The molecule has 0 fully saturated rings. The zero-order valence-corrected chi connectivity index (χ0v) is 12.9. The van der Waals surface area contributed by atoms with Crippen molar-refractivity contribution in [3.05, 3.63) is 45.2 Å². The van der Waals surface area contributed by atoms with E-state index in [1.54, 1.807) is 0 Å². The molecule has 1 N–H and O–H groups in total. The fourth-order valence-electron chi connectivity index (χ4n) is 2.42. The molecule has 1 aromatic heterocycles. The highest BCUT2D eigenvalue weighted by molar-refractivity contribution is 7.15. The number of nitrogens with zero attached hydrogens (tertiary/aromatic N) is 1. The normalized spacial score (nSPS) is 14.4. The molecule has 0 bridgehead atoms. The zero-order chi connectivity index (χ0) is 14.8. The summed E-state index contributed by atoms with van der Waals surface area (Å²) in [6.07, 6.45) is 5.55. The average Bonchev–Trinajstić information content (AvgIpc) is 2.67. The predicted octanol–water partition coefficient (Wildman–Crippen LogP) is 4.46. The summed E-state index contributed by atoms with van der Waals surface area (Å²) >= 11 is 7.42. The summed E-state index contributed by atoms with van der Waals surface area (Å²) in [5.41, 5.74) is 1.35. The number of benzene rings is 1. The van der Waals surface area contributed by atoms with E-state index < -0.39 is 5.82 Å². The smallest absolute Gasteiger partial charge is 0.258 e. The summed E-state index contributed by atoms with van der Waals surface area (Å²) in [5.74, 6) is -0.818. The maximum atomic E-state index is 13.0. The van der Waals surface area contributed by atoms with E-state index in [0.29, 0.717) is 5.13 Å². The minimum absolute atomic E-state index is 0.102. The molecule has 3 rings (SSSR count). The Morgan fingerprint density at radius 2 is 2.10 bits per heavy atom. The molecule has 0 aliphatic heterocycles. The Morgan fingerprint density at radius 3 is 2.90 bits per heavy atom. The monoisotopic (exact) mass is 324 g/mol. The first-order valence-corrected chi connectivity index (χ1v) is 8.08. The fourth-order valence-corrected chi connectivity index (χ4v) is 3.72. The number of fused-ring (bicyclic) bond motifs is 1. The quantitative estimate of drug-likeness (QED) is 0.829. The highest BCUT2D eigenvalue weighted by Crippen LogP contribution is 2.29. The van der Waals surface area contributed by atoms with Crippen LogP contribution in [0.5, 0.6) is 0 Å². The van der Waals surface area contributed by atoms with Gasteiger partial charge in [-0.15, -0.1) is 11.3 Å². The van der Waals surface area contributed by atoms with Gasteiger partial charge in [-0.3, -0.25) is 10.1 Å². The van der Waals surface area contributed by atoms with Crippen molar-refractivity contribution in [1.29, 1.82) is 0 Å². The first-order chi connectivity index (χ1) is 10.1. The number of aryl methyl sites for hydroxylation is 2. The number of nitrogens with one attached hydrogen (secondary N) is 1. The highest BCUT2D eigenvalue weighted by Gasteiger charge is 2.17. The van der Waals surface area contributed by atoms with Crippen LogP contribution in [0.25, 0.3) is 0 Å². The van der Waals surface area contributed by atoms with Crippen molar-refractivity contribution in [2.45, 2.75) is 32.1 Å². The van der Waals surface area contributed by atoms with Crippen LogP contribution in [0.2, 0.25) is 5.02 Å². The van der Waals surface area contributed by atoms with Crippen LogP contribution in [-0.2, 0) is 12.8 Å². The molecule has 21 heavy (non-hydrogen) atoms. The third-order valence-corrected chi connectivity index (χ3v) is 4.88. The van der Waals surface area contributed by atoms with Gasteiger partial charge in [0.2, 0.25) is 0 Å². The van der Waals surface area contributed by atoms with Crippen molar-refractivity contribution in [3.63, 3.8) is 0 Å². The number of carbonyl (C=O) groups excluding carboxylic acids is 1. The Labute approximate surface area is 131 Å². The van der Waals surface area contributed by atoms with E-state index in [4.69, 9.17) is 11.6 Å². The van der Waals surface area contributed by atoms with E-state index in [2.05, 4.69) is 10.3 Å².